The van der Waals surface area contributed by atoms with Crippen LogP contribution >= 0.6 is 11.6 Å². The number of rotatable bonds is 9. The molecule has 0 saturated carbocycles. The minimum Gasteiger partial charge on any atom is -0.493 e. The van der Waals surface area contributed by atoms with Crippen LogP contribution in [-0.2, 0) is 20.7 Å². The molecule has 0 bridgehead atoms. The van der Waals surface area contributed by atoms with Gasteiger partial charge in [-0.05, 0) is 55.3 Å². The zero-order chi connectivity index (χ0) is 21.4. The summed E-state index contributed by atoms with van der Waals surface area (Å²) in [5.74, 6) is 0.580. The van der Waals surface area contributed by atoms with E-state index in [1.807, 2.05) is 0 Å². The predicted molar refractivity (Wildman–Crippen MR) is 110 cm³/mol. The van der Waals surface area contributed by atoms with E-state index >= 15 is 0 Å². The molecule has 0 spiro atoms. The summed E-state index contributed by atoms with van der Waals surface area (Å²) < 4.78 is 21.1. The van der Waals surface area contributed by atoms with Crippen molar-refractivity contribution in [2.24, 2.45) is 0 Å². The van der Waals surface area contributed by atoms with Crippen LogP contribution in [0.2, 0.25) is 5.02 Å². The van der Waals surface area contributed by atoms with E-state index < -0.39 is 18.0 Å². The number of esters is 1. The average Bonchev–Trinajstić information content (AvgIpc) is 2.72. The van der Waals surface area contributed by atoms with Crippen molar-refractivity contribution in [1.29, 1.82) is 0 Å². The lowest BCUT2D eigenvalue weighted by molar-refractivity contribution is -0.153. The minimum atomic E-state index is -0.932. The van der Waals surface area contributed by atoms with Crippen LogP contribution in [0.4, 0.5) is 5.69 Å². The van der Waals surface area contributed by atoms with Gasteiger partial charge in [0.2, 0.25) is 5.75 Å². The maximum absolute atomic E-state index is 12.2. The fourth-order valence-electron chi connectivity index (χ4n) is 2.61. The van der Waals surface area contributed by atoms with Crippen molar-refractivity contribution in [3.05, 3.63) is 47.0 Å². The van der Waals surface area contributed by atoms with Crippen LogP contribution in [-0.4, -0.2) is 39.3 Å². The summed E-state index contributed by atoms with van der Waals surface area (Å²) in [4.78, 5) is 24.3. The Balaban J connectivity index is 1.92. The highest BCUT2D eigenvalue weighted by Crippen LogP contribution is 2.38. The van der Waals surface area contributed by atoms with Crippen molar-refractivity contribution >= 4 is 29.2 Å². The molecular formula is C21H24ClNO6. The van der Waals surface area contributed by atoms with Crippen LogP contribution in [0.15, 0.2) is 36.4 Å². The molecule has 0 radical (unpaired) electrons. The average molecular weight is 422 g/mol. The smallest absolute Gasteiger partial charge is 0.306 e. The van der Waals surface area contributed by atoms with E-state index in [9.17, 15) is 9.59 Å². The van der Waals surface area contributed by atoms with E-state index in [1.54, 1.807) is 36.4 Å². The van der Waals surface area contributed by atoms with E-state index in [0.29, 0.717) is 34.4 Å². The number of benzene rings is 2. The van der Waals surface area contributed by atoms with Crippen molar-refractivity contribution in [2.75, 3.05) is 26.6 Å². The fourth-order valence-corrected chi connectivity index (χ4v) is 2.74. The Kier molecular flexibility index (Phi) is 8.15. The van der Waals surface area contributed by atoms with Gasteiger partial charge >= 0.3 is 5.97 Å². The summed E-state index contributed by atoms with van der Waals surface area (Å²) in [6.45, 7) is 1.52. The van der Waals surface area contributed by atoms with E-state index in [-0.39, 0.29) is 6.42 Å². The molecule has 0 fully saturated rings. The fraction of sp³-hybridized carbons (Fsp3) is 0.333. The van der Waals surface area contributed by atoms with Gasteiger partial charge in [-0.25, -0.2) is 0 Å². The SMILES string of the molecule is COc1cc(CCC(=O)O[C@@H](C)C(=O)Nc2ccc(Cl)cc2)cc(OC)c1OC. The maximum atomic E-state index is 12.2. The van der Waals surface area contributed by atoms with Crippen LogP contribution in [0.25, 0.3) is 0 Å². The Bertz CT molecular complexity index is 828. The number of anilines is 1. The number of nitrogens with one attached hydrogen (secondary N) is 1. The van der Waals surface area contributed by atoms with Crippen molar-refractivity contribution in [3.8, 4) is 17.2 Å². The molecule has 1 atom stereocenters. The van der Waals surface area contributed by atoms with Gasteiger partial charge in [0.25, 0.3) is 5.91 Å². The molecule has 1 N–H and O–H groups in total. The molecule has 0 aliphatic rings. The molecule has 0 unspecified atom stereocenters. The van der Waals surface area contributed by atoms with Gasteiger partial charge in [0, 0.05) is 17.1 Å². The van der Waals surface area contributed by atoms with E-state index in [2.05, 4.69) is 5.32 Å². The molecule has 8 heteroatoms. The summed E-state index contributed by atoms with van der Waals surface area (Å²) in [6, 6.07) is 10.2. The Morgan fingerprint density at radius 1 is 1.00 bits per heavy atom. The zero-order valence-corrected chi connectivity index (χ0v) is 17.5. The predicted octanol–water partition coefficient (Wildman–Crippen LogP) is 3.87. The van der Waals surface area contributed by atoms with E-state index in [1.165, 1.54) is 28.3 Å². The van der Waals surface area contributed by atoms with E-state index in [0.717, 1.165) is 5.56 Å². The van der Waals surface area contributed by atoms with Crippen LogP contribution in [0.1, 0.15) is 18.9 Å². The largest absolute Gasteiger partial charge is 0.493 e. The Morgan fingerprint density at radius 3 is 2.10 bits per heavy atom. The molecule has 2 rings (SSSR count). The maximum Gasteiger partial charge on any atom is 0.306 e. The molecule has 0 heterocycles. The number of methoxy groups -OCH3 is 3. The number of carbonyl (C=O) groups excluding carboxylic acids is 2. The first-order chi connectivity index (χ1) is 13.9. The Labute approximate surface area is 174 Å². The monoisotopic (exact) mass is 421 g/mol. The van der Waals surface area contributed by atoms with Crippen LogP contribution in [0.5, 0.6) is 17.2 Å². The summed E-state index contributed by atoms with van der Waals surface area (Å²) >= 11 is 5.82. The normalized spacial score (nSPS) is 11.3. The van der Waals surface area contributed by atoms with Gasteiger partial charge in [0.15, 0.2) is 17.6 Å². The topological polar surface area (TPSA) is 83.1 Å². The Morgan fingerprint density at radius 2 is 1.59 bits per heavy atom. The van der Waals surface area contributed by atoms with Gasteiger partial charge in [-0.2, -0.15) is 0 Å². The molecule has 1 amide bonds. The number of halogens is 1. The molecule has 2 aromatic rings. The molecule has 29 heavy (non-hydrogen) atoms. The van der Waals surface area contributed by atoms with Gasteiger partial charge < -0.3 is 24.3 Å². The summed E-state index contributed by atoms with van der Waals surface area (Å²) in [6.07, 6.45) is -0.448. The second-order valence-electron chi connectivity index (χ2n) is 6.16. The summed E-state index contributed by atoms with van der Waals surface area (Å²) in [5.41, 5.74) is 1.38. The van der Waals surface area contributed by atoms with Gasteiger partial charge in [0.1, 0.15) is 0 Å². The first-order valence-corrected chi connectivity index (χ1v) is 9.30. The van der Waals surface area contributed by atoms with Gasteiger partial charge in [-0.1, -0.05) is 11.6 Å². The molecule has 156 valence electrons. The lowest BCUT2D eigenvalue weighted by Crippen LogP contribution is -2.30. The number of ether oxygens (including phenoxy) is 4. The highest BCUT2D eigenvalue weighted by Gasteiger charge is 2.19. The van der Waals surface area contributed by atoms with Gasteiger partial charge in [-0.3, -0.25) is 9.59 Å². The number of carbonyl (C=O) groups is 2. The van der Waals surface area contributed by atoms with Crippen LogP contribution in [0, 0.1) is 0 Å². The van der Waals surface area contributed by atoms with Crippen LogP contribution < -0.4 is 19.5 Å². The second kappa shape index (κ2) is 10.6. The highest BCUT2D eigenvalue weighted by molar-refractivity contribution is 6.30. The molecule has 0 aromatic heterocycles. The number of hydrogen-bond donors (Lipinski definition) is 1. The third kappa shape index (κ3) is 6.29. The lowest BCUT2D eigenvalue weighted by Gasteiger charge is -2.15. The molecule has 2 aromatic carbocycles. The molecule has 0 aliphatic heterocycles. The van der Waals surface area contributed by atoms with Crippen molar-refractivity contribution in [3.63, 3.8) is 0 Å². The number of amides is 1. The summed E-state index contributed by atoms with van der Waals surface area (Å²) in [5, 5.41) is 3.23. The molecule has 0 saturated heterocycles. The quantitative estimate of drug-likeness (QED) is 0.619. The number of aryl methyl sites for hydroxylation is 1. The standard InChI is InChI=1S/C21H24ClNO6/c1-13(21(25)23-16-8-6-15(22)7-9-16)29-19(24)10-5-14-11-17(26-2)20(28-4)18(12-14)27-3/h6-9,11-13H,5,10H2,1-4H3,(H,23,25)/t13-/m0/s1. The Hall–Kier alpha value is -2.93. The van der Waals surface area contributed by atoms with E-state index in [4.69, 9.17) is 30.5 Å². The second-order valence-corrected chi connectivity index (χ2v) is 6.60. The first-order valence-electron chi connectivity index (χ1n) is 8.92. The minimum absolute atomic E-state index is 0.0944. The third-order valence-electron chi connectivity index (χ3n) is 4.13. The first kappa shape index (κ1) is 22.4. The number of hydrogen-bond acceptors (Lipinski definition) is 6. The van der Waals surface area contributed by atoms with Crippen molar-refractivity contribution in [1.82, 2.24) is 0 Å². The van der Waals surface area contributed by atoms with Crippen molar-refractivity contribution < 1.29 is 28.5 Å². The van der Waals surface area contributed by atoms with Gasteiger partial charge in [0.05, 0.1) is 21.3 Å². The van der Waals surface area contributed by atoms with Crippen LogP contribution in [0.3, 0.4) is 0 Å². The molecule has 7 nitrogen and oxygen atoms in total. The highest BCUT2D eigenvalue weighted by atomic mass is 35.5. The summed E-state index contributed by atoms with van der Waals surface area (Å²) in [7, 11) is 4.57. The zero-order valence-electron chi connectivity index (χ0n) is 16.8. The van der Waals surface area contributed by atoms with Gasteiger partial charge in [-0.15, -0.1) is 0 Å². The van der Waals surface area contributed by atoms with Crippen molar-refractivity contribution in [2.45, 2.75) is 25.9 Å². The molecular weight excluding hydrogens is 398 g/mol. The third-order valence-corrected chi connectivity index (χ3v) is 4.38. The lowest BCUT2D eigenvalue weighted by atomic mass is 10.1. The molecule has 0 aliphatic carbocycles.